The maximum Gasteiger partial charge on any atom is 0.326 e. The highest BCUT2D eigenvalue weighted by Crippen LogP contribution is 2.30. The van der Waals surface area contributed by atoms with Gasteiger partial charge in [0.1, 0.15) is 6.54 Å². The van der Waals surface area contributed by atoms with Gasteiger partial charge in [-0.1, -0.05) is 24.3 Å². The zero-order chi connectivity index (χ0) is 24.5. The average molecular weight is 469 g/mol. The van der Waals surface area contributed by atoms with Crippen LogP contribution < -0.4 is 15.6 Å². The molecule has 1 aromatic heterocycles. The van der Waals surface area contributed by atoms with Gasteiger partial charge in [0, 0.05) is 35.6 Å². The third-order valence-electron chi connectivity index (χ3n) is 6.17. The number of esters is 1. The number of pyridine rings is 1. The third kappa shape index (κ3) is 4.26. The summed E-state index contributed by atoms with van der Waals surface area (Å²) in [5.41, 5.74) is 3.55. The molecule has 0 saturated heterocycles. The van der Waals surface area contributed by atoms with Crippen molar-refractivity contribution in [1.82, 2.24) is 4.57 Å². The molecule has 0 unspecified atom stereocenters. The van der Waals surface area contributed by atoms with E-state index in [1.807, 2.05) is 6.07 Å². The monoisotopic (exact) mass is 469 g/mol. The lowest BCUT2D eigenvalue weighted by Gasteiger charge is -2.15. The van der Waals surface area contributed by atoms with Gasteiger partial charge < -0.3 is 19.5 Å². The molecule has 1 aliphatic rings. The van der Waals surface area contributed by atoms with Crippen LogP contribution in [0.25, 0.3) is 21.8 Å². The number of anilines is 2. The molecule has 3 aromatic carbocycles. The van der Waals surface area contributed by atoms with Crippen molar-refractivity contribution in [3.8, 4) is 0 Å². The van der Waals surface area contributed by atoms with Crippen molar-refractivity contribution in [2.24, 2.45) is 0 Å². The molecule has 1 N–H and O–H groups in total. The lowest BCUT2D eigenvalue weighted by atomic mass is 10.1. The number of benzene rings is 3. The SMILES string of the molecule is CC(=O)N1CCc2cc(NC(=O)COC(=O)Cn3c4ccccc4c(=O)c4ccccc43)ccc21. The van der Waals surface area contributed by atoms with Crippen LogP contribution in [-0.2, 0) is 32.1 Å². The summed E-state index contributed by atoms with van der Waals surface area (Å²) < 4.78 is 6.98. The number of carbonyl (C=O) groups is 3. The average Bonchev–Trinajstić information content (AvgIpc) is 3.29. The van der Waals surface area contributed by atoms with Crippen LogP contribution in [0.5, 0.6) is 0 Å². The third-order valence-corrected chi connectivity index (χ3v) is 6.17. The Labute approximate surface area is 200 Å². The van der Waals surface area contributed by atoms with Gasteiger partial charge in [-0.3, -0.25) is 19.2 Å². The highest BCUT2D eigenvalue weighted by atomic mass is 16.5. The van der Waals surface area contributed by atoms with Gasteiger partial charge in [0.05, 0.1) is 11.0 Å². The smallest absolute Gasteiger partial charge is 0.326 e. The van der Waals surface area contributed by atoms with Gasteiger partial charge in [0.2, 0.25) is 5.91 Å². The number of carbonyl (C=O) groups excluding carboxylic acids is 3. The summed E-state index contributed by atoms with van der Waals surface area (Å²) in [4.78, 5) is 51.3. The second-order valence-corrected chi connectivity index (χ2v) is 8.42. The number of nitrogens with one attached hydrogen (secondary N) is 1. The minimum atomic E-state index is -0.592. The van der Waals surface area contributed by atoms with Crippen LogP contribution in [0.2, 0.25) is 0 Å². The number of ether oxygens (including phenoxy) is 1. The molecular formula is C27H23N3O5. The minimum Gasteiger partial charge on any atom is -0.454 e. The Bertz CT molecular complexity index is 1500. The van der Waals surface area contributed by atoms with Crippen molar-refractivity contribution in [1.29, 1.82) is 0 Å². The Morgan fingerprint density at radius 1 is 0.943 bits per heavy atom. The Hall–Kier alpha value is -4.46. The predicted molar refractivity (Wildman–Crippen MR) is 133 cm³/mol. The summed E-state index contributed by atoms with van der Waals surface area (Å²) in [6.45, 7) is 1.56. The first-order valence-electron chi connectivity index (χ1n) is 11.3. The summed E-state index contributed by atoms with van der Waals surface area (Å²) in [7, 11) is 0. The zero-order valence-corrected chi connectivity index (χ0v) is 19.1. The molecule has 0 spiro atoms. The second-order valence-electron chi connectivity index (χ2n) is 8.42. The van der Waals surface area contributed by atoms with Gasteiger partial charge in [0.25, 0.3) is 5.91 Å². The van der Waals surface area contributed by atoms with E-state index < -0.39 is 18.5 Å². The molecule has 5 rings (SSSR count). The van der Waals surface area contributed by atoms with Crippen molar-refractivity contribution >= 4 is 51.0 Å². The number of rotatable bonds is 5. The summed E-state index contributed by atoms with van der Waals surface area (Å²) in [6, 6.07) is 19.5. The van der Waals surface area contributed by atoms with E-state index >= 15 is 0 Å². The molecule has 0 fully saturated rings. The maximum absolute atomic E-state index is 12.8. The number of fused-ring (bicyclic) bond motifs is 3. The van der Waals surface area contributed by atoms with Crippen molar-refractivity contribution < 1.29 is 19.1 Å². The molecule has 1 aliphatic heterocycles. The molecule has 0 aliphatic carbocycles. The molecule has 35 heavy (non-hydrogen) atoms. The van der Waals surface area contributed by atoms with Crippen LogP contribution in [-0.4, -0.2) is 35.5 Å². The quantitative estimate of drug-likeness (QED) is 0.358. The number of amides is 2. The maximum atomic E-state index is 12.8. The topological polar surface area (TPSA) is 97.7 Å². The van der Waals surface area contributed by atoms with Crippen LogP contribution in [0.3, 0.4) is 0 Å². The minimum absolute atomic E-state index is 0.0178. The van der Waals surface area contributed by atoms with Gasteiger partial charge in [-0.2, -0.15) is 0 Å². The molecule has 8 nitrogen and oxygen atoms in total. The highest BCUT2D eigenvalue weighted by Gasteiger charge is 2.22. The van der Waals surface area contributed by atoms with E-state index in [0.717, 1.165) is 17.7 Å². The molecule has 0 saturated carbocycles. The zero-order valence-electron chi connectivity index (χ0n) is 19.1. The van der Waals surface area contributed by atoms with E-state index in [9.17, 15) is 19.2 Å². The van der Waals surface area contributed by atoms with Crippen LogP contribution in [0.4, 0.5) is 11.4 Å². The lowest BCUT2D eigenvalue weighted by Crippen LogP contribution is -2.25. The van der Waals surface area contributed by atoms with E-state index in [0.29, 0.717) is 34.0 Å². The van der Waals surface area contributed by atoms with Crippen molar-refractivity contribution in [3.05, 3.63) is 82.5 Å². The van der Waals surface area contributed by atoms with Crippen LogP contribution in [0, 0.1) is 0 Å². The molecule has 0 atom stereocenters. The summed E-state index contributed by atoms with van der Waals surface area (Å²) in [5, 5.41) is 3.76. The van der Waals surface area contributed by atoms with Gasteiger partial charge in [-0.25, -0.2) is 0 Å². The summed E-state index contributed by atoms with van der Waals surface area (Å²) in [6.07, 6.45) is 0.717. The van der Waals surface area contributed by atoms with Gasteiger partial charge in [0.15, 0.2) is 12.0 Å². The van der Waals surface area contributed by atoms with Crippen LogP contribution in [0.15, 0.2) is 71.5 Å². The normalized spacial score (nSPS) is 12.5. The molecule has 4 aromatic rings. The first kappa shape index (κ1) is 22.3. The Morgan fingerprint density at radius 2 is 1.60 bits per heavy atom. The first-order chi connectivity index (χ1) is 16.9. The predicted octanol–water partition coefficient (Wildman–Crippen LogP) is 3.25. The van der Waals surface area contributed by atoms with E-state index in [-0.39, 0.29) is 17.9 Å². The molecule has 0 bridgehead atoms. The number of hydrogen-bond donors (Lipinski definition) is 1. The largest absolute Gasteiger partial charge is 0.454 e. The van der Waals surface area contributed by atoms with E-state index in [2.05, 4.69) is 5.32 Å². The van der Waals surface area contributed by atoms with Crippen molar-refractivity contribution in [3.63, 3.8) is 0 Å². The van der Waals surface area contributed by atoms with E-state index in [4.69, 9.17) is 4.74 Å². The molecule has 2 heterocycles. The summed E-state index contributed by atoms with van der Waals surface area (Å²) >= 11 is 0. The Kier molecular flexibility index (Phi) is 5.78. The molecule has 0 radical (unpaired) electrons. The highest BCUT2D eigenvalue weighted by molar-refractivity contribution is 5.97. The van der Waals surface area contributed by atoms with Gasteiger partial charge in [-0.05, 0) is 54.4 Å². The Morgan fingerprint density at radius 3 is 2.26 bits per heavy atom. The first-order valence-corrected chi connectivity index (χ1v) is 11.3. The summed E-state index contributed by atoms with van der Waals surface area (Å²) in [5.74, 6) is -1.07. The van der Waals surface area contributed by atoms with Crippen molar-refractivity contribution in [2.45, 2.75) is 19.9 Å². The van der Waals surface area contributed by atoms with Gasteiger partial charge >= 0.3 is 5.97 Å². The number of para-hydroxylation sites is 2. The number of nitrogens with zero attached hydrogens (tertiary/aromatic N) is 2. The fraction of sp³-hybridized carbons (Fsp3) is 0.185. The van der Waals surface area contributed by atoms with E-state index in [1.54, 1.807) is 70.1 Å². The second kappa shape index (κ2) is 9.06. The standard InChI is InChI=1S/C27H23N3O5/c1-17(31)29-13-12-18-14-19(10-11-22(18)29)28-25(32)16-35-26(33)15-30-23-8-4-2-6-20(23)27(34)21-7-3-5-9-24(21)30/h2-11,14H,12-13,15-16H2,1H3,(H,28,32). The van der Waals surface area contributed by atoms with E-state index in [1.165, 1.54) is 6.92 Å². The van der Waals surface area contributed by atoms with Crippen LogP contribution >= 0.6 is 0 Å². The number of aromatic nitrogens is 1. The molecule has 2 amide bonds. The number of hydrogen-bond acceptors (Lipinski definition) is 5. The molecule has 8 heteroatoms. The fourth-order valence-corrected chi connectivity index (χ4v) is 4.57. The van der Waals surface area contributed by atoms with Crippen LogP contribution in [0.1, 0.15) is 12.5 Å². The van der Waals surface area contributed by atoms with Gasteiger partial charge in [-0.15, -0.1) is 0 Å². The lowest BCUT2D eigenvalue weighted by molar-refractivity contribution is -0.147. The van der Waals surface area contributed by atoms with Crippen molar-refractivity contribution in [2.75, 3.05) is 23.4 Å². The molecule has 176 valence electrons. The fourth-order valence-electron chi connectivity index (χ4n) is 4.57. The Balaban J connectivity index is 1.28. The molecular weight excluding hydrogens is 446 g/mol.